The summed E-state index contributed by atoms with van der Waals surface area (Å²) in [6.45, 7) is 0. The lowest BCUT2D eigenvalue weighted by atomic mass is 9.98. The van der Waals surface area contributed by atoms with Gasteiger partial charge in [0.25, 0.3) is 5.91 Å². The van der Waals surface area contributed by atoms with Gasteiger partial charge in [0.2, 0.25) is 11.8 Å². The van der Waals surface area contributed by atoms with Gasteiger partial charge in [-0.1, -0.05) is 36.4 Å². The number of anilines is 1. The molecule has 0 radical (unpaired) electrons. The number of hydrogen-bond donors (Lipinski definition) is 2. The van der Waals surface area contributed by atoms with Gasteiger partial charge in [0.1, 0.15) is 5.75 Å². The van der Waals surface area contributed by atoms with Crippen LogP contribution in [0.2, 0.25) is 0 Å². The number of carbonyl (C=O) groups excluding carboxylic acids is 2. The second-order valence-electron chi connectivity index (χ2n) is 7.45. The lowest BCUT2D eigenvalue weighted by molar-refractivity contribution is -0.137. The van der Waals surface area contributed by atoms with Crippen molar-refractivity contribution in [1.82, 2.24) is 4.98 Å². The highest BCUT2D eigenvalue weighted by Crippen LogP contribution is 2.32. The minimum absolute atomic E-state index is 0.231. The second-order valence-corrected chi connectivity index (χ2v) is 7.45. The Morgan fingerprint density at radius 1 is 0.886 bits per heavy atom. The SMILES string of the molecule is NC(=O)c1cccc(Oc2ccc(NC(=O)c3ccccc3-c3ccc(C(F)(F)F)cc3)cn2)c1. The summed E-state index contributed by atoms with van der Waals surface area (Å²) in [7, 11) is 0. The molecule has 3 N–H and O–H groups in total. The van der Waals surface area contributed by atoms with Crippen LogP contribution in [0.4, 0.5) is 18.9 Å². The average Bonchev–Trinajstić information content (AvgIpc) is 2.85. The second kappa shape index (κ2) is 9.68. The van der Waals surface area contributed by atoms with Crippen LogP contribution < -0.4 is 15.8 Å². The van der Waals surface area contributed by atoms with Crippen molar-refractivity contribution in [2.75, 3.05) is 5.32 Å². The molecule has 3 aromatic carbocycles. The van der Waals surface area contributed by atoms with Crippen molar-refractivity contribution in [2.45, 2.75) is 6.18 Å². The third kappa shape index (κ3) is 5.64. The van der Waals surface area contributed by atoms with Crippen molar-refractivity contribution >= 4 is 17.5 Å². The predicted molar refractivity (Wildman–Crippen MR) is 124 cm³/mol. The maximum Gasteiger partial charge on any atom is 0.416 e. The smallest absolute Gasteiger partial charge is 0.416 e. The first-order chi connectivity index (χ1) is 16.7. The van der Waals surface area contributed by atoms with Crippen molar-refractivity contribution in [1.29, 1.82) is 0 Å². The Labute approximate surface area is 198 Å². The van der Waals surface area contributed by atoms with E-state index in [0.717, 1.165) is 12.1 Å². The van der Waals surface area contributed by atoms with E-state index in [2.05, 4.69) is 10.3 Å². The van der Waals surface area contributed by atoms with Crippen LogP contribution in [0.1, 0.15) is 26.3 Å². The molecule has 0 atom stereocenters. The molecule has 35 heavy (non-hydrogen) atoms. The van der Waals surface area contributed by atoms with E-state index in [0.29, 0.717) is 22.6 Å². The number of nitrogens with one attached hydrogen (secondary N) is 1. The summed E-state index contributed by atoms with van der Waals surface area (Å²) in [5, 5.41) is 2.72. The van der Waals surface area contributed by atoms with Crippen LogP contribution in [0, 0.1) is 0 Å². The standard InChI is InChI=1S/C26H18F3N3O3/c27-26(28,29)18-10-8-16(9-11-18)21-6-1-2-7-22(21)25(34)32-19-12-13-23(31-15-19)35-20-5-3-4-17(14-20)24(30)33/h1-15H,(H2,30,33)(H,32,34). The highest BCUT2D eigenvalue weighted by Gasteiger charge is 2.30. The first kappa shape index (κ1) is 23.5. The molecular formula is C26H18F3N3O3. The predicted octanol–water partition coefficient (Wildman–Crippen LogP) is 5.91. The highest BCUT2D eigenvalue weighted by molar-refractivity contribution is 6.08. The summed E-state index contributed by atoms with van der Waals surface area (Å²) < 4.78 is 44.2. The van der Waals surface area contributed by atoms with E-state index in [1.165, 1.54) is 30.5 Å². The molecule has 0 fully saturated rings. The van der Waals surface area contributed by atoms with Gasteiger partial charge in [-0.25, -0.2) is 4.98 Å². The number of amides is 2. The van der Waals surface area contributed by atoms with Gasteiger partial charge >= 0.3 is 6.18 Å². The third-order valence-corrected chi connectivity index (χ3v) is 5.03. The van der Waals surface area contributed by atoms with E-state index in [1.807, 2.05) is 0 Å². The number of nitrogens with zero attached hydrogens (tertiary/aromatic N) is 1. The Hall–Kier alpha value is -4.66. The van der Waals surface area contributed by atoms with Crippen LogP contribution in [0.3, 0.4) is 0 Å². The van der Waals surface area contributed by atoms with E-state index in [4.69, 9.17) is 10.5 Å². The molecule has 0 unspecified atom stereocenters. The summed E-state index contributed by atoms with van der Waals surface area (Å²) in [5.41, 5.74) is 6.43. The van der Waals surface area contributed by atoms with Crippen LogP contribution in [-0.4, -0.2) is 16.8 Å². The topological polar surface area (TPSA) is 94.3 Å². The molecule has 0 bridgehead atoms. The Morgan fingerprint density at radius 2 is 1.63 bits per heavy atom. The number of hydrogen-bond acceptors (Lipinski definition) is 4. The summed E-state index contributed by atoms with van der Waals surface area (Å²) >= 11 is 0. The number of ether oxygens (including phenoxy) is 1. The van der Waals surface area contributed by atoms with Crippen LogP contribution in [0.5, 0.6) is 11.6 Å². The minimum atomic E-state index is -4.44. The van der Waals surface area contributed by atoms with Gasteiger partial charge in [0.05, 0.1) is 17.4 Å². The van der Waals surface area contributed by atoms with Crippen molar-refractivity contribution in [3.8, 4) is 22.8 Å². The number of benzene rings is 3. The Balaban J connectivity index is 1.49. The van der Waals surface area contributed by atoms with Gasteiger partial charge in [0.15, 0.2) is 0 Å². The van der Waals surface area contributed by atoms with Crippen LogP contribution >= 0.6 is 0 Å². The van der Waals surface area contributed by atoms with E-state index in [9.17, 15) is 22.8 Å². The average molecular weight is 477 g/mol. The molecule has 176 valence electrons. The molecule has 6 nitrogen and oxygen atoms in total. The Morgan fingerprint density at radius 3 is 2.29 bits per heavy atom. The minimum Gasteiger partial charge on any atom is -0.439 e. The van der Waals surface area contributed by atoms with Crippen LogP contribution in [0.25, 0.3) is 11.1 Å². The van der Waals surface area contributed by atoms with E-state index >= 15 is 0 Å². The number of aromatic nitrogens is 1. The number of halogens is 3. The number of pyridine rings is 1. The summed E-state index contributed by atoms with van der Waals surface area (Å²) in [4.78, 5) is 28.4. The molecule has 1 heterocycles. The van der Waals surface area contributed by atoms with Crippen molar-refractivity contribution in [3.63, 3.8) is 0 Å². The summed E-state index contributed by atoms with van der Waals surface area (Å²) in [6.07, 6.45) is -3.05. The van der Waals surface area contributed by atoms with Gasteiger partial charge in [-0.3, -0.25) is 9.59 Å². The zero-order chi connectivity index (χ0) is 25.0. The van der Waals surface area contributed by atoms with Gasteiger partial charge in [-0.05, 0) is 53.6 Å². The first-order valence-electron chi connectivity index (χ1n) is 10.3. The molecule has 2 amide bonds. The van der Waals surface area contributed by atoms with E-state index in [-0.39, 0.29) is 17.0 Å². The quantitative estimate of drug-likeness (QED) is 0.361. The van der Waals surface area contributed by atoms with Crippen LogP contribution in [0.15, 0.2) is 91.1 Å². The zero-order valence-corrected chi connectivity index (χ0v) is 18.0. The maximum atomic E-state index is 12.9. The number of nitrogens with two attached hydrogens (primary N) is 1. The Kier molecular flexibility index (Phi) is 6.50. The maximum absolute atomic E-state index is 12.9. The fraction of sp³-hybridized carbons (Fsp3) is 0.0385. The molecule has 0 aliphatic heterocycles. The summed E-state index contributed by atoms with van der Waals surface area (Å²) in [6, 6.07) is 20.6. The van der Waals surface area contributed by atoms with Gasteiger partial charge < -0.3 is 15.8 Å². The molecule has 0 aliphatic rings. The van der Waals surface area contributed by atoms with Gasteiger partial charge in [-0.2, -0.15) is 13.2 Å². The molecule has 0 saturated carbocycles. The number of primary amides is 1. The molecule has 4 aromatic rings. The molecule has 9 heteroatoms. The summed E-state index contributed by atoms with van der Waals surface area (Å²) in [5.74, 6) is -0.436. The van der Waals surface area contributed by atoms with E-state index in [1.54, 1.807) is 48.5 Å². The van der Waals surface area contributed by atoms with Crippen LogP contribution in [-0.2, 0) is 6.18 Å². The zero-order valence-electron chi connectivity index (χ0n) is 18.0. The lowest BCUT2D eigenvalue weighted by Gasteiger charge is -2.12. The highest BCUT2D eigenvalue weighted by atomic mass is 19.4. The molecule has 0 spiro atoms. The van der Waals surface area contributed by atoms with Gasteiger partial charge in [0, 0.05) is 17.2 Å². The molecular weight excluding hydrogens is 459 g/mol. The fourth-order valence-corrected chi connectivity index (χ4v) is 3.32. The number of carbonyl (C=O) groups is 2. The molecule has 1 aromatic heterocycles. The first-order valence-corrected chi connectivity index (χ1v) is 10.3. The van der Waals surface area contributed by atoms with Crippen molar-refractivity contribution in [2.24, 2.45) is 5.73 Å². The molecule has 4 rings (SSSR count). The normalized spacial score (nSPS) is 11.1. The molecule has 0 saturated heterocycles. The fourth-order valence-electron chi connectivity index (χ4n) is 3.32. The van der Waals surface area contributed by atoms with E-state index < -0.39 is 23.6 Å². The molecule has 0 aliphatic carbocycles. The third-order valence-electron chi connectivity index (χ3n) is 5.03. The van der Waals surface area contributed by atoms with Gasteiger partial charge in [-0.15, -0.1) is 0 Å². The van der Waals surface area contributed by atoms with Crippen molar-refractivity contribution in [3.05, 3.63) is 108 Å². The Bertz CT molecular complexity index is 1370. The largest absolute Gasteiger partial charge is 0.439 e. The number of rotatable bonds is 6. The number of alkyl halides is 3. The lowest BCUT2D eigenvalue weighted by Crippen LogP contribution is -2.13. The monoisotopic (exact) mass is 477 g/mol. The van der Waals surface area contributed by atoms with Crippen molar-refractivity contribution < 1.29 is 27.5 Å².